The number of hydrogen-bond donors (Lipinski definition) is 6. The molecule has 2 atom stereocenters. The molecule has 0 aromatic rings. The first-order valence-electron chi connectivity index (χ1n) is 5.06. The van der Waals surface area contributed by atoms with Crippen LogP contribution in [-0.4, -0.2) is 68.0 Å². The van der Waals surface area contributed by atoms with Crippen LogP contribution in [0, 0.1) is 0 Å². The summed E-state index contributed by atoms with van der Waals surface area (Å²) in [7, 11) is 0. The Bertz CT molecular complexity index is 175. The monoisotopic (exact) mass is 272 g/mol. The summed E-state index contributed by atoms with van der Waals surface area (Å²) in [6, 6.07) is 0. The second-order valence-electron chi connectivity index (χ2n) is 2.88. The van der Waals surface area contributed by atoms with Gasteiger partial charge in [-0.25, -0.2) is 4.79 Å². The van der Waals surface area contributed by atoms with E-state index in [9.17, 15) is 4.79 Å². The Balaban J connectivity index is -0.0000000750. The van der Waals surface area contributed by atoms with Gasteiger partial charge in [0.15, 0.2) is 0 Å². The molecule has 0 aromatic carbocycles. The lowest BCUT2D eigenvalue weighted by molar-refractivity contribution is -0.145. The van der Waals surface area contributed by atoms with E-state index in [0.717, 1.165) is 6.92 Å². The molecule has 0 heterocycles. The summed E-state index contributed by atoms with van der Waals surface area (Å²) in [5.74, 6) is -2.02. The summed E-state index contributed by atoms with van der Waals surface area (Å²) in [5, 5.41) is 46.8. The van der Waals surface area contributed by atoms with Gasteiger partial charge in [0.2, 0.25) is 0 Å². The summed E-state index contributed by atoms with van der Waals surface area (Å²) in [6.07, 6.45) is -1.79. The summed E-state index contributed by atoms with van der Waals surface area (Å²) in [4.78, 5) is 18.4. The molecule has 0 saturated carbocycles. The van der Waals surface area contributed by atoms with Gasteiger partial charge in [-0.1, -0.05) is 0 Å². The van der Waals surface area contributed by atoms with Crippen molar-refractivity contribution in [1.29, 1.82) is 0 Å². The molecule has 0 spiro atoms. The first-order chi connectivity index (χ1) is 8.06. The molecule has 0 bridgehead atoms. The van der Waals surface area contributed by atoms with Crippen LogP contribution in [0.3, 0.4) is 0 Å². The molecule has 0 aliphatic carbocycles. The minimum atomic E-state index is -1.23. The van der Waals surface area contributed by atoms with Gasteiger partial charge in [-0.15, -0.1) is 0 Å². The highest BCUT2D eigenvalue weighted by Gasteiger charge is 2.01. The Morgan fingerprint density at radius 3 is 1.17 bits per heavy atom. The average Bonchev–Trinajstić information content (AvgIpc) is 2.18. The molecule has 0 amide bonds. The molecule has 0 aliphatic rings. The van der Waals surface area contributed by atoms with Crippen molar-refractivity contribution in [3.63, 3.8) is 0 Å². The van der Waals surface area contributed by atoms with Gasteiger partial charge in [0.1, 0.15) is 6.10 Å². The van der Waals surface area contributed by atoms with E-state index in [-0.39, 0.29) is 13.2 Å². The van der Waals surface area contributed by atoms with E-state index in [1.165, 1.54) is 13.8 Å². The maximum absolute atomic E-state index is 9.45. The number of aliphatic carboxylic acids is 2. The summed E-state index contributed by atoms with van der Waals surface area (Å²) in [5.41, 5.74) is 0. The second kappa shape index (κ2) is 21.1. The molecule has 0 aromatic heterocycles. The zero-order chi connectivity index (χ0) is 15.7. The van der Waals surface area contributed by atoms with E-state index < -0.39 is 24.1 Å². The van der Waals surface area contributed by atoms with Crippen molar-refractivity contribution >= 4 is 11.9 Å². The number of carbonyl (C=O) groups is 2. The number of aliphatic hydroxyl groups is 4. The highest BCUT2D eigenvalue weighted by molar-refractivity contribution is 5.71. The lowest BCUT2D eigenvalue weighted by Gasteiger charge is -1.90. The number of rotatable bonds is 2. The fourth-order valence-electron chi connectivity index (χ4n) is 0. The molecule has 0 fully saturated rings. The van der Waals surface area contributed by atoms with Crippen LogP contribution in [0.25, 0.3) is 0 Å². The van der Waals surface area contributed by atoms with Crippen LogP contribution >= 0.6 is 0 Å². The zero-order valence-corrected chi connectivity index (χ0v) is 11.1. The Morgan fingerprint density at radius 1 is 1.06 bits per heavy atom. The molecule has 18 heavy (non-hydrogen) atoms. The minimum Gasteiger partial charge on any atom is -0.481 e. The van der Waals surface area contributed by atoms with Gasteiger partial charge in [0.25, 0.3) is 5.97 Å². The van der Waals surface area contributed by atoms with Crippen LogP contribution in [0.4, 0.5) is 0 Å². The van der Waals surface area contributed by atoms with Crippen molar-refractivity contribution in [2.75, 3.05) is 13.2 Å². The first kappa shape index (κ1) is 25.6. The lowest BCUT2D eigenvalue weighted by atomic mass is 10.4. The number of carboxylic acids is 2. The van der Waals surface area contributed by atoms with E-state index in [1.54, 1.807) is 6.92 Å². The van der Waals surface area contributed by atoms with Gasteiger partial charge >= 0.3 is 5.97 Å². The maximum atomic E-state index is 9.45. The van der Waals surface area contributed by atoms with Gasteiger partial charge in [-0.2, -0.15) is 0 Å². The molecule has 8 heteroatoms. The third-order valence-corrected chi connectivity index (χ3v) is 0.622. The van der Waals surface area contributed by atoms with Crippen LogP contribution in [0.1, 0.15) is 27.7 Å². The van der Waals surface area contributed by atoms with Gasteiger partial charge in [0.05, 0.1) is 12.7 Å². The largest absolute Gasteiger partial charge is 0.481 e. The molecule has 0 saturated heterocycles. The zero-order valence-electron chi connectivity index (χ0n) is 11.1. The smallest absolute Gasteiger partial charge is 0.332 e. The molecule has 8 nitrogen and oxygen atoms in total. The van der Waals surface area contributed by atoms with Gasteiger partial charge in [-0.3, -0.25) is 4.79 Å². The molecule has 0 radical (unpaired) electrons. The van der Waals surface area contributed by atoms with Gasteiger partial charge in [-0.05, 0) is 20.8 Å². The number of carboxylic acid groups (broad SMARTS) is 2. The molecule has 0 rings (SSSR count). The highest BCUT2D eigenvalue weighted by atomic mass is 16.4. The van der Waals surface area contributed by atoms with Gasteiger partial charge < -0.3 is 30.6 Å². The Hall–Kier alpha value is -1.22. The van der Waals surface area contributed by atoms with Crippen LogP contribution in [0.5, 0.6) is 0 Å². The van der Waals surface area contributed by atoms with Crippen molar-refractivity contribution in [3.8, 4) is 0 Å². The quantitative estimate of drug-likeness (QED) is 0.370. The fourth-order valence-corrected chi connectivity index (χ4v) is 0. The molecular formula is C10H24O8. The predicted molar refractivity (Wildman–Crippen MR) is 64.2 cm³/mol. The van der Waals surface area contributed by atoms with E-state index in [4.69, 9.17) is 35.4 Å². The summed E-state index contributed by atoms with van der Waals surface area (Å²) < 4.78 is 0. The van der Waals surface area contributed by atoms with Crippen LogP contribution in [0.15, 0.2) is 0 Å². The molecule has 6 N–H and O–H groups in total. The molecule has 2 unspecified atom stereocenters. The van der Waals surface area contributed by atoms with E-state index in [2.05, 4.69) is 0 Å². The van der Waals surface area contributed by atoms with Crippen molar-refractivity contribution < 1.29 is 40.2 Å². The van der Waals surface area contributed by atoms with Crippen molar-refractivity contribution in [2.24, 2.45) is 0 Å². The Morgan fingerprint density at radius 2 is 1.17 bits per heavy atom. The fraction of sp³-hybridized carbons (Fsp3) is 0.800. The minimum absolute atomic E-state index is 0.139. The third kappa shape index (κ3) is 123. The number of hydrogen-bond acceptors (Lipinski definition) is 6. The third-order valence-electron chi connectivity index (χ3n) is 0.622. The summed E-state index contributed by atoms with van der Waals surface area (Å²) >= 11 is 0. The first-order valence-corrected chi connectivity index (χ1v) is 5.06. The average molecular weight is 272 g/mol. The highest BCUT2D eigenvalue weighted by Crippen LogP contribution is 1.73. The van der Waals surface area contributed by atoms with E-state index in [0.29, 0.717) is 0 Å². The lowest BCUT2D eigenvalue weighted by Crippen LogP contribution is -2.13. The summed E-state index contributed by atoms with van der Waals surface area (Å²) in [6.45, 7) is 5.60. The Kier molecular flexibility index (Phi) is 30.0. The van der Waals surface area contributed by atoms with Gasteiger partial charge in [0, 0.05) is 13.5 Å². The topological polar surface area (TPSA) is 156 Å². The van der Waals surface area contributed by atoms with E-state index in [1.807, 2.05) is 0 Å². The number of aliphatic hydroxyl groups excluding tert-OH is 4. The standard InChI is InChI=1S/C3H6O3.C3H8O2.C2H4O2.C2H6O/c1-2(4)3(5)6;1-3(5)2-4;1-2(3)4;1-2-3/h2,4H,1H3,(H,5,6);3-5H,2H2,1H3;1H3,(H,3,4);3H,2H2,1H3. The van der Waals surface area contributed by atoms with Crippen LogP contribution in [0.2, 0.25) is 0 Å². The van der Waals surface area contributed by atoms with Crippen LogP contribution < -0.4 is 0 Å². The second-order valence-corrected chi connectivity index (χ2v) is 2.88. The Labute approximate surface area is 106 Å². The SMILES string of the molecule is CC(=O)O.CC(O)C(=O)O.CC(O)CO.CCO. The van der Waals surface area contributed by atoms with E-state index >= 15 is 0 Å². The normalized spacial score (nSPS) is 11.1. The maximum Gasteiger partial charge on any atom is 0.332 e. The van der Waals surface area contributed by atoms with Crippen LogP contribution in [-0.2, 0) is 9.59 Å². The van der Waals surface area contributed by atoms with Crippen molar-refractivity contribution in [1.82, 2.24) is 0 Å². The predicted octanol–water partition coefficient (Wildman–Crippen LogP) is -1.10. The van der Waals surface area contributed by atoms with Crippen molar-refractivity contribution in [2.45, 2.75) is 39.9 Å². The molecule has 0 aliphatic heterocycles. The molecular weight excluding hydrogens is 248 g/mol. The molecule has 112 valence electrons. The van der Waals surface area contributed by atoms with Crippen molar-refractivity contribution in [3.05, 3.63) is 0 Å².